The van der Waals surface area contributed by atoms with Crippen LogP contribution in [0.25, 0.3) is 0 Å². The molecule has 0 unspecified atom stereocenters. The molecule has 18 heavy (non-hydrogen) atoms. The van der Waals surface area contributed by atoms with E-state index in [1.165, 1.54) is 6.07 Å². The number of carboxylic acid groups (broad SMARTS) is 1. The van der Waals surface area contributed by atoms with E-state index in [4.69, 9.17) is 5.11 Å². The van der Waals surface area contributed by atoms with E-state index < -0.39 is 17.8 Å². The van der Waals surface area contributed by atoms with Gasteiger partial charge < -0.3 is 10.2 Å². The Kier molecular flexibility index (Phi) is 3.24. The summed E-state index contributed by atoms with van der Waals surface area (Å²) in [6, 6.07) is 4.69. The third-order valence-electron chi connectivity index (χ3n) is 3.34. The SMILES string of the molecule is O=C(O)Cc1cccc([C@@H]2CCC(F)(F)C2)c1O. The molecule has 2 rings (SSSR count). The number of para-hydroxylation sites is 1. The number of rotatable bonds is 3. The summed E-state index contributed by atoms with van der Waals surface area (Å²) in [6.45, 7) is 0. The molecule has 0 heterocycles. The first-order chi connectivity index (χ1) is 8.39. The van der Waals surface area contributed by atoms with Crippen molar-refractivity contribution in [2.75, 3.05) is 0 Å². The van der Waals surface area contributed by atoms with E-state index in [2.05, 4.69) is 0 Å². The zero-order valence-electron chi connectivity index (χ0n) is 9.70. The monoisotopic (exact) mass is 256 g/mol. The molecule has 1 aliphatic carbocycles. The molecule has 98 valence electrons. The van der Waals surface area contributed by atoms with E-state index in [-0.39, 0.29) is 30.6 Å². The molecule has 0 amide bonds. The van der Waals surface area contributed by atoms with Gasteiger partial charge in [0.25, 0.3) is 0 Å². The topological polar surface area (TPSA) is 57.5 Å². The van der Waals surface area contributed by atoms with Gasteiger partial charge in [-0.2, -0.15) is 0 Å². The molecule has 5 heteroatoms. The molecule has 0 spiro atoms. The molecule has 1 aromatic rings. The average Bonchev–Trinajstić information content (AvgIpc) is 2.61. The van der Waals surface area contributed by atoms with Gasteiger partial charge >= 0.3 is 5.97 Å². The van der Waals surface area contributed by atoms with Crippen molar-refractivity contribution in [2.24, 2.45) is 0 Å². The molecule has 0 radical (unpaired) electrons. The lowest BCUT2D eigenvalue weighted by atomic mass is 9.93. The lowest BCUT2D eigenvalue weighted by molar-refractivity contribution is -0.136. The fourth-order valence-electron chi connectivity index (χ4n) is 2.46. The standard InChI is InChI=1S/C13H14F2O3/c14-13(15)5-4-9(7-13)10-3-1-2-8(12(10)18)6-11(16)17/h1-3,9,18H,4-7H2,(H,16,17)/t9-/m1/s1. The van der Waals surface area contributed by atoms with E-state index in [0.29, 0.717) is 12.0 Å². The van der Waals surface area contributed by atoms with Gasteiger partial charge in [0, 0.05) is 18.4 Å². The second-order valence-corrected chi connectivity index (χ2v) is 4.72. The largest absolute Gasteiger partial charge is 0.507 e. The van der Waals surface area contributed by atoms with Crippen molar-refractivity contribution in [3.8, 4) is 5.75 Å². The Morgan fingerprint density at radius 3 is 2.72 bits per heavy atom. The Morgan fingerprint density at radius 2 is 2.17 bits per heavy atom. The summed E-state index contributed by atoms with van der Waals surface area (Å²) in [7, 11) is 0. The number of hydrogen-bond acceptors (Lipinski definition) is 2. The number of alkyl halides is 2. The van der Waals surface area contributed by atoms with Gasteiger partial charge in [-0.15, -0.1) is 0 Å². The molecule has 0 aromatic heterocycles. The maximum atomic E-state index is 13.1. The number of halogens is 2. The maximum Gasteiger partial charge on any atom is 0.307 e. The number of phenols is 1. The fourth-order valence-corrected chi connectivity index (χ4v) is 2.46. The summed E-state index contributed by atoms with van der Waals surface area (Å²) < 4.78 is 26.3. The lowest BCUT2D eigenvalue weighted by Gasteiger charge is -2.14. The normalized spacial score (nSPS) is 22.0. The summed E-state index contributed by atoms with van der Waals surface area (Å²) >= 11 is 0. The summed E-state index contributed by atoms with van der Waals surface area (Å²) in [5.74, 6) is -4.28. The Labute approximate surface area is 103 Å². The third-order valence-corrected chi connectivity index (χ3v) is 3.34. The van der Waals surface area contributed by atoms with Crippen LogP contribution in [0.1, 0.15) is 36.3 Å². The minimum Gasteiger partial charge on any atom is -0.507 e. The molecule has 1 saturated carbocycles. The van der Waals surface area contributed by atoms with Crippen molar-refractivity contribution in [1.29, 1.82) is 0 Å². The summed E-state index contributed by atoms with van der Waals surface area (Å²) in [5, 5.41) is 18.7. The highest BCUT2D eigenvalue weighted by Crippen LogP contribution is 2.46. The van der Waals surface area contributed by atoms with Crippen LogP contribution in [0.5, 0.6) is 5.75 Å². The van der Waals surface area contributed by atoms with Gasteiger partial charge in [0.1, 0.15) is 5.75 Å². The van der Waals surface area contributed by atoms with Gasteiger partial charge in [-0.1, -0.05) is 18.2 Å². The summed E-state index contributed by atoms with van der Waals surface area (Å²) in [4.78, 5) is 10.6. The molecule has 3 nitrogen and oxygen atoms in total. The average molecular weight is 256 g/mol. The molecule has 0 bridgehead atoms. The highest BCUT2D eigenvalue weighted by atomic mass is 19.3. The van der Waals surface area contributed by atoms with Crippen LogP contribution in [0.15, 0.2) is 18.2 Å². The van der Waals surface area contributed by atoms with Crippen LogP contribution in [0, 0.1) is 0 Å². The van der Waals surface area contributed by atoms with E-state index in [1.54, 1.807) is 12.1 Å². The van der Waals surface area contributed by atoms with Gasteiger partial charge in [0.2, 0.25) is 5.92 Å². The van der Waals surface area contributed by atoms with Crippen LogP contribution in [0.3, 0.4) is 0 Å². The number of phenolic OH excluding ortho intramolecular Hbond substituents is 1. The molecule has 2 N–H and O–H groups in total. The Balaban J connectivity index is 2.26. The smallest absolute Gasteiger partial charge is 0.307 e. The number of carboxylic acids is 1. The van der Waals surface area contributed by atoms with Crippen LogP contribution in [-0.4, -0.2) is 22.1 Å². The first-order valence-electron chi connectivity index (χ1n) is 5.79. The number of hydrogen-bond donors (Lipinski definition) is 2. The van der Waals surface area contributed by atoms with E-state index in [0.717, 1.165) is 0 Å². The van der Waals surface area contributed by atoms with Crippen molar-refractivity contribution in [3.05, 3.63) is 29.3 Å². The highest BCUT2D eigenvalue weighted by molar-refractivity contribution is 5.71. The van der Waals surface area contributed by atoms with Crippen LogP contribution in [0.4, 0.5) is 8.78 Å². The van der Waals surface area contributed by atoms with Gasteiger partial charge in [0.15, 0.2) is 0 Å². The zero-order valence-corrected chi connectivity index (χ0v) is 9.70. The molecule has 1 fully saturated rings. The summed E-state index contributed by atoms with van der Waals surface area (Å²) in [6.07, 6.45) is -0.447. The molecule has 1 aromatic carbocycles. The second kappa shape index (κ2) is 4.55. The van der Waals surface area contributed by atoms with Crippen molar-refractivity contribution in [1.82, 2.24) is 0 Å². The quantitative estimate of drug-likeness (QED) is 0.874. The number of carbonyl (C=O) groups is 1. The van der Waals surface area contributed by atoms with Gasteiger partial charge in [-0.25, -0.2) is 8.78 Å². The Hall–Kier alpha value is -1.65. The van der Waals surface area contributed by atoms with Gasteiger partial charge in [0.05, 0.1) is 6.42 Å². The molecule has 1 atom stereocenters. The highest BCUT2D eigenvalue weighted by Gasteiger charge is 2.40. The molecule has 0 saturated heterocycles. The Morgan fingerprint density at radius 1 is 1.44 bits per heavy atom. The van der Waals surface area contributed by atoms with Crippen molar-refractivity contribution < 1.29 is 23.8 Å². The molecular weight excluding hydrogens is 242 g/mol. The Bertz CT molecular complexity index is 471. The third kappa shape index (κ3) is 2.60. The fraction of sp³-hybridized carbons (Fsp3) is 0.462. The zero-order chi connectivity index (χ0) is 13.3. The van der Waals surface area contributed by atoms with Crippen LogP contribution >= 0.6 is 0 Å². The predicted octanol–water partition coefficient (Wildman–Crippen LogP) is 2.92. The van der Waals surface area contributed by atoms with Crippen molar-refractivity contribution in [3.63, 3.8) is 0 Å². The first-order valence-corrected chi connectivity index (χ1v) is 5.79. The van der Waals surface area contributed by atoms with Crippen LogP contribution < -0.4 is 0 Å². The van der Waals surface area contributed by atoms with Crippen molar-refractivity contribution >= 4 is 5.97 Å². The number of aromatic hydroxyl groups is 1. The predicted molar refractivity (Wildman–Crippen MR) is 61.0 cm³/mol. The van der Waals surface area contributed by atoms with Crippen molar-refractivity contribution in [2.45, 2.75) is 37.5 Å². The van der Waals surface area contributed by atoms with Gasteiger partial charge in [-0.05, 0) is 17.9 Å². The molecule has 1 aliphatic rings. The van der Waals surface area contributed by atoms with E-state index >= 15 is 0 Å². The van der Waals surface area contributed by atoms with E-state index in [9.17, 15) is 18.7 Å². The summed E-state index contributed by atoms with van der Waals surface area (Å²) in [5.41, 5.74) is 0.709. The molecule has 0 aliphatic heterocycles. The number of benzene rings is 1. The van der Waals surface area contributed by atoms with E-state index in [1.807, 2.05) is 0 Å². The second-order valence-electron chi connectivity index (χ2n) is 4.72. The molecular formula is C13H14F2O3. The number of aliphatic carboxylic acids is 1. The maximum absolute atomic E-state index is 13.1. The van der Waals surface area contributed by atoms with Gasteiger partial charge in [-0.3, -0.25) is 4.79 Å². The lowest BCUT2D eigenvalue weighted by Crippen LogP contribution is -2.09. The first kappa shape index (κ1) is 12.8. The minimum atomic E-state index is -2.68. The van der Waals surface area contributed by atoms with Crippen LogP contribution in [0.2, 0.25) is 0 Å². The minimum absolute atomic E-state index is 0.150. The van der Waals surface area contributed by atoms with Crippen LogP contribution in [-0.2, 0) is 11.2 Å².